The number of aliphatic imine (C=N–C) groups is 1. The fraction of sp³-hybridized carbons (Fsp3) is 0.133. The van der Waals surface area contributed by atoms with Gasteiger partial charge in [0.2, 0.25) is 0 Å². The Morgan fingerprint density at radius 3 is 2.43 bits per heavy atom. The molecular formula is C15H9BrF3NS. The van der Waals surface area contributed by atoms with Crippen molar-refractivity contribution in [2.24, 2.45) is 4.99 Å². The highest BCUT2D eigenvalue weighted by molar-refractivity contribution is 9.10. The van der Waals surface area contributed by atoms with Gasteiger partial charge in [0.05, 0.1) is 17.0 Å². The van der Waals surface area contributed by atoms with Gasteiger partial charge >= 0.3 is 6.18 Å². The number of hydrogen-bond acceptors (Lipinski definition) is 2. The lowest BCUT2D eigenvalue weighted by atomic mass is 10.1. The summed E-state index contributed by atoms with van der Waals surface area (Å²) in [6.45, 7) is 0. The van der Waals surface area contributed by atoms with Crippen molar-refractivity contribution in [1.82, 2.24) is 0 Å². The summed E-state index contributed by atoms with van der Waals surface area (Å²) in [5, 5.41) is 0. The van der Waals surface area contributed by atoms with Crippen LogP contribution >= 0.6 is 27.7 Å². The minimum atomic E-state index is -4.31. The highest BCUT2D eigenvalue weighted by Gasteiger charge is 2.30. The zero-order valence-corrected chi connectivity index (χ0v) is 13.0. The summed E-state index contributed by atoms with van der Waals surface area (Å²) in [5.41, 5.74) is 1.72. The fourth-order valence-corrected chi connectivity index (χ4v) is 3.31. The van der Waals surface area contributed by atoms with Crippen LogP contribution in [0.1, 0.15) is 11.1 Å². The van der Waals surface area contributed by atoms with Crippen LogP contribution in [0, 0.1) is 0 Å². The molecule has 3 rings (SSSR count). The highest BCUT2D eigenvalue weighted by Crippen LogP contribution is 2.37. The first-order chi connectivity index (χ1) is 9.93. The topological polar surface area (TPSA) is 12.4 Å². The Morgan fingerprint density at radius 1 is 1.05 bits per heavy atom. The summed E-state index contributed by atoms with van der Waals surface area (Å²) in [5.74, 6) is 0.653. The Morgan fingerprint density at radius 2 is 1.76 bits per heavy atom. The van der Waals surface area contributed by atoms with Crippen molar-refractivity contribution in [3.63, 3.8) is 0 Å². The van der Waals surface area contributed by atoms with Crippen LogP contribution in [-0.4, -0.2) is 11.5 Å². The van der Waals surface area contributed by atoms with Gasteiger partial charge in [0.25, 0.3) is 0 Å². The van der Waals surface area contributed by atoms with Crippen LogP contribution in [0.5, 0.6) is 0 Å². The molecule has 0 aromatic heterocycles. The van der Waals surface area contributed by atoms with Gasteiger partial charge in [-0.15, -0.1) is 11.8 Å². The molecule has 0 radical (unpaired) electrons. The summed E-state index contributed by atoms with van der Waals surface area (Å²) >= 11 is 5.03. The maximum absolute atomic E-state index is 12.6. The van der Waals surface area contributed by atoms with Crippen LogP contribution in [0.4, 0.5) is 18.9 Å². The van der Waals surface area contributed by atoms with Gasteiger partial charge in [-0.3, -0.25) is 4.99 Å². The van der Waals surface area contributed by atoms with E-state index in [2.05, 4.69) is 20.9 Å². The number of halogens is 4. The molecular weight excluding hydrogens is 363 g/mol. The van der Waals surface area contributed by atoms with Gasteiger partial charge in [-0.2, -0.15) is 13.2 Å². The zero-order chi connectivity index (χ0) is 15.0. The normalized spacial score (nSPS) is 14.6. The number of hydrogen-bond donors (Lipinski definition) is 0. The second kappa shape index (κ2) is 5.50. The van der Waals surface area contributed by atoms with E-state index in [0.717, 1.165) is 38.5 Å². The van der Waals surface area contributed by atoms with Crippen LogP contribution in [0.25, 0.3) is 0 Å². The first-order valence-electron chi connectivity index (χ1n) is 6.11. The molecule has 0 saturated heterocycles. The van der Waals surface area contributed by atoms with Crippen molar-refractivity contribution in [3.05, 3.63) is 58.1 Å². The standard InChI is InChI=1S/C15H9BrF3NS/c16-11-5-6-14-12(7-11)20-13(8-21-14)9-1-3-10(4-2-9)15(17,18)19/h1-7H,8H2. The van der Waals surface area contributed by atoms with Gasteiger partial charge in [0, 0.05) is 15.1 Å². The van der Waals surface area contributed by atoms with E-state index in [4.69, 9.17) is 0 Å². The van der Waals surface area contributed by atoms with Crippen molar-refractivity contribution in [1.29, 1.82) is 0 Å². The molecule has 1 aliphatic heterocycles. The van der Waals surface area contributed by atoms with Crippen LogP contribution in [0.2, 0.25) is 0 Å². The van der Waals surface area contributed by atoms with Crippen molar-refractivity contribution in [3.8, 4) is 0 Å². The summed E-state index contributed by atoms with van der Waals surface area (Å²) in [7, 11) is 0. The summed E-state index contributed by atoms with van der Waals surface area (Å²) < 4.78 is 38.6. The van der Waals surface area contributed by atoms with Crippen molar-refractivity contribution in [2.45, 2.75) is 11.1 Å². The molecule has 0 aliphatic carbocycles. The molecule has 0 saturated carbocycles. The number of rotatable bonds is 1. The average Bonchev–Trinajstić information content (AvgIpc) is 2.45. The van der Waals surface area contributed by atoms with Gasteiger partial charge in [0.15, 0.2) is 0 Å². The number of thioether (sulfide) groups is 1. The molecule has 0 fully saturated rings. The predicted octanol–water partition coefficient (Wildman–Crippen LogP) is 5.69. The van der Waals surface area contributed by atoms with E-state index < -0.39 is 11.7 Å². The Kier molecular flexibility index (Phi) is 3.84. The molecule has 2 aromatic carbocycles. The first kappa shape index (κ1) is 14.7. The first-order valence-corrected chi connectivity index (χ1v) is 7.89. The van der Waals surface area contributed by atoms with Crippen LogP contribution < -0.4 is 0 Å². The second-order valence-electron chi connectivity index (χ2n) is 4.53. The summed E-state index contributed by atoms with van der Waals surface area (Å²) in [4.78, 5) is 5.63. The Balaban J connectivity index is 1.95. The highest BCUT2D eigenvalue weighted by atomic mass is 79.9. The van der Waals surface area contributed by atoms with E-state index in [-0.39, 0.29) is 0 Å². The number of alkyl halides is 3. The van der Waals surface area contributed by atoms with Crippen LogP contribution in [0.15, 0.2) is 56.8 Å². The molecule has 21 heavy (non-hydrogen) atoms. The molecule has 0 atom stereocenters. The van der Waals surface area contributed by atoms with E-state index >= 15 is 0 Å². The van der Waals surface area contributed by atoms with Gasteiger partial charge in [0.1, 0.15) is 0 Å². The van der Waals surface area contributed by atoms with E-state index in [0.29, 0.717) is 5.75 Å². The molecule has 1 nitrogen and oxygen atoms in total. The lowest BCUT2D eigenvalue weighted by molar-refractivity contribution is -0.137. The largest absolute Gasteiger partial charge is 0.416 e. The molecule has 0 spiro atoms. The third kappa shape index (κ3) is 3.16. The van der Waals surface area contributed by atoms with E-state index in [1.807, 2.05) is 18.2 Å². The lowest BCUT2D eigenvalue weighted by Gasteiger charge is -2.16. The van der Waals surface area contributed by atoms with Crippen molar-refractivity contribution >= 4 is 39.1 Å². The molecule has 0 bridgehead atoms. The lowest BCUT2D eigenvalue weighted by Crippen LogP contribution is -2.09. The average molecular weight is 372 g/mol. The fourth-order valence-electron chi connectivity index (χ4n) is 2.02. The SMILES string of the molecule is FC(F)(F)c1ccc(C2=Nc3cc(Br)ccc3SC2)cc1. The molecule has 0 amide bonds. The smallest absolute Gasteiger partial charge is 0.251 e. The van der Waals surface area contributed by atoms with Crippen LogP contribution in [0.3, 0.4) is 0 Å². The molecule has 6 heteroatoms. The van der Waals surface area contributed by atoms with Gasteiger partial charge < -0.3 is 0 Å². The maximum Gasteiger partial charge on any atom is 0.416 e. The van der Waals surface area contributed by atoms with E-state index in [1.165, 1.54) is 12.1 Å². The number of benzene rings is 2. The molecule has 1 aliphatic rings. The second-order valence-corrected chi connectivity index (χ2v) is 6.47. The summed E-state index contributed by atoms with van der Waals surface area (Å²) in [6, 6.07) is 11.0. The third-order valence-electron chi connectivity index (χ3n) is 3.09. The third-order valence-corrected chi connectivity index (χ3v) is 4.65. The van der Waals surface area contributed by atoms with Crippen LogP contribution in [-0.2, 0) is 6.18 Å². The van der Waals surface area contributed by atoms with Crippen molar-refractivity contribution in [2.75, 3.05) is 5.75 Å². The quantitative estimate of drug-likeness (QED) is 0.626. The monoisotopic (exact) mass is 371 g/mol. The molecule has 108 valence electrons. The van der Waals surface area contributed by atoms with E-state index in [9.17, 15) is 13.2 Å². The Hall–Kier alpha value is -1.27. The molecule has 2 aromatic rings. The summed E-state index contributed by atoms with van der Waals surface area (Å²) in [6.07, 6.45) is -4.31. The maximum atomic E-state index is 12.6. The minimum absolute atomic E-state index is 0.640. The Labute approximate surface area is 132 Å². The van der Waals surface area contributed by atoms with Gasteiger partial charge in [-0.05, 0) is 35.9 Å². The van der Waals surface area contributed by atoms with Gasteiger partial charge in [-0.1, -0.05) is 28.1 Å². The molecule has 0 unspecified atom stereocenters. The number of nitrogens with zero attached hydrogens (tertiary/aromatic N) is 1. The zero-order valence-electron chi connectivity index (χ0n) is 10.6. The van der Waals surface area contributed by atoms with E-state index in [1.54, 1.807) is 11.8 Å². The minimum Gasteiger partial charge on any atom is -0.251 e. The van der Waals surface area contributed by atoms with Crippen molar-refractivity contribution < 1.29 is 13.2 Å². The number of fused-ring (bicyclic) bond motifs is 1. The van der Waals surface area contributed by atoms with Gasteiger partial charge in [-0.25, -0.2) is 0 Å². The molecule has 1 heterocycles. The predicted molar refractivity (Wildman–Crippen MR) is 82.5 cm³/mol. The molecule has 0 N–H and O–H groups in total. The Bertz CT molecular complexity index is 708.